The Morgan fingerprint density at radius 1 is 1.29 bits per heavy atom. The van der Waals surface area contributed by atoms with E-state index in [4.69, 9.17) is 10.5 Å². The molecule has 2 aromatic rings. The van der Waals surface area contributed by atoms with Gasteiger partial charge in [0.2, 0.25) is 0 Å². The molecule has 0 bridgehead atoms. The van der Waals surface area contributed by atoms with Gasteiger partial charge in [-0.3, -0.25) is 4.98 Å². The number of ether oxygens (including phenoxy) is 1. The number of anilines is 1. The van der Waals surface area contributed by atoms with Crippen molar-refractivity contribution in [3.05, 3.63) is 52.3 Å². The van der Waals surface area contributed by atoms with Crippen LogP contribution in [0, 0.1) is 6.92 Å². The van der Waals surface area contributed by atoms with E-state index in [0.717, 1.165) is 21.5 Å². The number of aryl methyl sites for hydroxylation is 1. The van der Waals surface area contributed by atoms with Crippen LogP contribution in [0.2, 0.25) is 0 Å². The van der Waals surface area contributed by atoms with E-state index in [0.29, 0.717) is 12.3 Å². The van der Waals surface area contributed by atoms with Crippen molar-refractivity contribution in [1.82, 2.24) is 4.98 Å². The molecule has 0 saturated carbocycles. The molecule has 2 rings (SSSR count). The van der Waals surface area contributed by atoms with E-state index in [-0.39, 0.29) is 0 Å². The van der Waals surface area contributed by atoms with Crippen molar-refractivity contribution < 1.29 is 4.74 Å². The molecule has 2 N–H and O–H groups in total. The minimum absolute atomic E-state index is 0.442. The number of nitrogen functional groups attached to an aromatic ring is 1. The first-order chi connectivity index (χ1) is 8.15. The Hall–Kier alpha value is -1.55. The Labute approximate surface area is 109 Å². The van der Waals surface area contributed by atoms with E-state index in [2.05, 4.69) is 20.9 Å². The molecule has 3 nitrogen and oxygen atoms in total. The van der Waals surface area contributed by atoms with E-state index < -0.39 is 0 Å². The molecule has 0 radical (unpaired) electrons. The topological polar surface area (TPSA) is 48.1 Å². The van der Waals surface area contributed by atoms with Crippen molar-refractivity contribution in [3.63, 3.8) is 0 Å². The summed E-state index contributed by atoms with van der Waals surface area (Å²) in [7, 11) is 0. The highest BCUT2D eigenvalue weighted by molar-refractivity contribution is 9.10. The third kappa shape index (κ3) is 3.20. The van der Waals surface area contributed by atoms with E-state index in [1.54, 1.807) is 6.20 Å². The molecule has 0 aliphatic rings. The fourth-order valence-electron chi connectivity index (χ4n) is 1.42. The lowest BCUT2D eigenvalue weighted by molar-refractivity contribution is 0.299. The summed E-state index contributed by atoms with van der Waals surface area (Å²) in [6.07, 6.45) is 1.75. The van der Waals surface area contributed by atoms with Gasteiger partial charge in [0.1, 0.15) is 12.4 Å². The van der Waals surface area contributed by atoms with Crippen LogP contribution in [0.4, 0.5) is 5.69 Å². The van der Waals surface area contributed by atoms with Crippen LogP contribution in [0.3, 0.4) is 0 Å². The van der Waals surface area contributed by atoms with Gasteiger partial charge in [0.05, 0.1) is 5.69 Å². The number of nitrogens with zero attached hydrogens (tertiary/aromatic N) is 1. The van der Waals surface area contributed by atoms with Crippen molar-refractivity contribution in [2.45, 2.75) is 13.5 Å². The molecule has 1 heterocycles. The fourth-order valence-corrected chi connectivity index (χ4v) is 1.65. The summed E-state index contributed by atoms with van der Waals surface area (Å²) >= 11 is 3.34. The van der Waals surface area contributed by atoms with Gasteiger partial charge in [0, 0.05) is 22.4 Å². The van der Waals surface area contributed by atoms with Gasteiger partial charge in [0.15, 0.2) is 0 Å². The lowest BCUT2D eigenvalue weighted by Gasteiger charge is -2.09. The maximum Gasteiger partial charge on any atom is 0.130 e. The average molecular weight is 293 g/mol. The molecular formula is C13H13BrN2O. The fraction of sp³-hybridized carbons (Fsp3) is 0.154. The number of benzene rings is 1. The second-order valence-corrected chi connectivity index (χ2v) is 4.70. The molecule has 0 saturated heterocycles. The molecular weight excluding hydrogens is 280 g/mol. The summed E-state index contributed by atoms with van der Waals surface area (Å²) in [6.45, 7) is 2.43. The van der Waals surface area contributed by atoms with Crippen molar-refractivity contribution >= 4 is 21.6 Å². The maximum absolute atomic E-state index is 5.71. The van der Waals surface area contributed by atoms with Gasteiger partial charge < -0.3 is 10.5 Å². The predicted octanol–water partition coefficient (Wildman–Crippen LogP) is 3.31. The molecule has 0 unspecified atom stereocenters. The van der Waals surface area contributed by atoms with Crippen LogP contribution in [-0.2, 0) is 6.61 Å². The van der Waals surface area contributed by atoms with Crippen molar-refractivity contribution in [2.75, 3.05) is 5.73 Å². The number of halogens is 1. The van der Waals surface area contributed by atoms with Crippen LogP contribution < -0.4 is 10.5 Å². The van der Waals surface area contributed by atoms with Gasteiger partial charge in [-0.15, -0.1) is 0 Å². The number of hydrogen-bond donors (Lipinski definition) is 1. The summed E-state index contributed by atoms with van der Waals surface area (Å²) in [5, 5.41) is 0. The Morgan fingerprint density at radius 2 is 2.12 bits per heavy atom. The summed E-state index contributed by atoms with van der Waals surface area (Å²) in [5.74, 6) is 0.801. The number of hydrogen-bond acceptors (Lipinski definition) is 3. The Kier molecular flexibility index (Phi) is 3.64. The minimum Gasteiger partial charge on any atom is -0.487 e. The Balaban J connectivity index is 2.07. The summed E-state index contributed by atoms with van der Waals surface area (Å²) < 4.78 is 6.65. The number of pyridine rings is 1. The highest BCUT2D eigenvalue weighted by Crippen LogP contribution is 2.21. The molecule has 0 spiro atoms. The number of aromatic nitrogens is 1. The van der Waals surface area contributed by atoms with Crippen LogP contribution in [0.15, 0.2) is 41.0 Å². The second kappa shape index (κ2) is 5.19. The molecule has 88 valence electrons. The molecule has 0 atom stereocenters. The highest BCUT2D eigenvalue weighted by atomic mass is 79.9. The van der Waals surface area contributed by atoms with Crippen molar-refractivity contribution in [1.29, 1.82) is 0 Å². The average Bonchev–Trinajstić information content (AvgIpc) is 2.32. The molecule has 0 aliphatic heterocycles. The first-order valence-corrected chi connectivity index (χ1v) is 6.04. The van der Waals surface area contributed by atoms with Crippen LogP contribution in [0.5, 0.6) is 5.75 Å². The summed E-state index contributed by atoms with van der Waals surface area (Å²) in [6, 6.07) is 9.50. The zero-order valence-corrected chi connectivity index (χ0v) is 11.1. The molecule has 1 aromatic carbocycles. The predicted molar refractivity (Wildman–Crippen MR) is 71.9 cm³/mol. The molecule has 0 aliphatic carbocycles. The second-order valence-electron chi connectivity index (χ2n) is 3.78. The van der Waals surface area contributed by atoms with Crippen LogP contribution in [0.25, 0.3) is 0 Å². The largest absolute Gasteiger partial charge is 0.487 e. The van der Waals surface area contributed by atoms with E-state index in [1.807, 2.05) is 37.3 Å². The Morgan fingerprint density at radius 3 is 2.82 bits per heavy atom. The number of rotatable bonds is 3. The van der Waals surface area contributed by atoms with Gasteiger partial charge >= 0.3 is 0 Å². The van der Waals surface area contributed by atoms with E-state index in [1.165, 1.54) is 0 Å². The minimum atomic E-state index is 0.442. The lowest BCUT2D eigenvalue weighted by Crippen LogP contribution is -1.99. The van der Waals surface area contributed by atoms with Crippen molar-refractivity contribution in [2.24, 2.45) is 0 Å². The molecule has 0 amide bonds. The summed E-state index contributed by atoms with van der Waals surface area (Å²) in [5.41, 5.74) is 8.37. The highest BCUT2D eigenvalue weighted by Gasteiger charge is 2.01. The van der Waals surface area contributed by atoms with Gasteiger partial charge in [-0.25, -0.2) is 0 Å². The third-order valence-corrected chi connectivity index (χ3v) is 2.85. The maximum atomic E-state index is 5.71. The Bertz CT molecular complexity index is 511. The van der Waals surface area contributed by atoms with Crippen LogP contribution in [0.1, 0.15) is 11.3 Å². The zero-order valence-electron chi connectivity index (χ0n) is 9.48. The monoisotopic (exact) mass is 292 g/mol. The van der Waals surface area contributed by atoms with Gasteiger partial charge in [-0.1, -0.05) is 6.07 Å². The number of nitrogens with two attached hydrogens (primary N) is 1. The molecule has 4 heteroatoms. The smallest absolute Gasteiger partial charge is 0.130 e. The zero-order chi connectivity index (χ0) is 12.3. The van der Waals surface area contributed by atoms with Crippen molar-refractivity contribution in [3.8, 4) is 5.75 Å². The standard InChI is InChI=1S/C13H13BrN2O/c1-9-2-4-11(15)6-13(9)17-8-12-5-3-10(14)7-16-12/h2-7H,8,15H2,1H3. The van der Waals surface area contributed by atoms with Gasteiger partial charge in [-0.05, 0) is 46.6 Å². The molecule has 17 heavy (non-hydrogen) atoms. The first kappa shape index (κ1) is 11.9. The normalized spacial score (nSPS) is 10.2. The molecule has 0 fully saturated rings. The first-order valence-electron chi connectivity index (χ1n) is 5.24. The van der Waals surface area contributed by atoms with Crippen LogP contribution >= 0.6 is 15.9 Å². The summed E-state index contributed by atoms with van der Waals surface area (Å²) in [4.78, 5) is 4.24. The van der Waals surface area contributed by atoms with Crippen LogP contribution in [-0.4, -0.2) is 4.98 Å². The third-order valence-electron chi connectivity index (χ3n) is 2.38. The SMILES string of the molecule is Cc1ccc(N)cc1OCc1ccc(Br)cn1. The van der Waals surface area contributed by atoms with Gasteiger partial charge in [0.25, 0.3) is 0 Å². The van der Waals surface area contributed by atoms with E-state index >= 15 is 0 Å². The quantitative estimate of drug-likeness (QED) is 0.883. The lowest BCUT2D eigenvalue weighted by atomic mass is 10.2. The van der Waals surface area contributed by atoms with Gasteiger partial charge in [-0.2, -0.15) is 0 Å². The molecule has 1 aromatic heterocycles. The van der Waals surface area contributed by atoms with E-state index in [9.17, 15) is 0 Å².